The van der Waals surface area contributed by atoms with E-state index in [-0.39, 0.29) is 12.5 Å². The van der Waals surface area contributed by atoms with Gasteiger partial charge in [0, 0.05) is 18.4 Å². The second-order valence-corrected chi connectivity index (χ2v) is 4.25. The quantitative estimate of drug-likeness (QED) is 0.677. The largest absolute Gasteiger partial charge is 0.425 e. The van der Waals surface area contributed by atoms with Crippen LogP contribution in [0.4, 0.5) is 5.69 Å². The zero-order valence-electron chi connectivity index (χ0n) is 11.5. The number of carbonyl (C=O) groups excluding carboxylic acids is 2. The second-order valence-electron chi connectivity index (χ2n) is 4.25. The van der Waals surface area contributed by atoms with E-state index in [1.165, 1.54) is 7.11 Å². The Bertz CT molecular complexity index is 608. The highest BCUT2D eigenvalue weighted by atomic mass is 16.6. The molecule has 21 heavy (non-hydrogen) atoms. The van der Waals surface area contributed by atoms with E-state index >= 15 is 0 Å². The number of anilines is 1. The molecule has 0 spiro atoms. The average Bonchev–Trinajstić information content (AvgIpc) is 2.50. The van der Waals surface area contributed by atoms with Crippen molar-refractivity contribution in [3.8, 4) is 5.75 Å². The normalized spacial score (nSPS) is 9.95. The molecule has 0 unspecified atom stereocenters. The van der Waals surface area contributed by atoms with Gasteiger partial charge in [0.05, 0.1) is 0 Å². The van der Waals surface area contributed by atoms with Crippen molar-refractivity contribution in [1.82, 2.24) is 0 Å². The van der Waals surface area contributed by atoms with E-state index < -0.39 is 5.97 Å². The zero-order valence-corrected chi connectivity index (χ0v) is 11.5. The van der Waals surface area contributed by atoms with E-state index in [0.29, 0.717) is 17.0 Å². The van der Waals surface area contributed by atoms with Crippen LogP contribution in [0.2, 0.25) is 0 Å². The molecule has 0 aliphatic carbocycles. The molecule has 0 radical (unpaired) electrons. The molecule has 0 fully saturated rings. The predicted molar refractivity (Wildman–Crippen MR) is 78.3 cm³/mol. The van der Waals surface area contributed by atoms with E-state index in [0.717, 1.165) is 0 Å². The number of hydrogen-bond donors (Lipinski definition) is 1. The van der Waals surface area contributed by atoms with E-state index in [9.17, 15) is 9.59 Å². The van der Waals surface area contributed by atoms with Gasteiger partial charge in [0.2, 0.25) is 0 Å². The third-order valence-corrected chi connectivity index (χ3v) is 2.64. The second kappa shape index (κ2) is 7.21. The maximum absolute atomic E-state index is 11.9. The Balaban J connectivity index is 1.96. The number of carbonyl (C=O) groups is 2. The number of rotatable bonds is 5. The summed E-state index contributed by atoms with van der Waals surface area (Å²) in [5.74, 6) is -0.270. The minimum atomic E-state index is -0.474. The van der Waals surface area contributed by atoms with Crippen LogP contribution in [0.5, 0.6) is 5.75 Å². The number of hydrogen-bond acceptors (Lipinski definition) is 4. The summed E-state index contributed by atoms with van der Waals surface area (Å²) in [5, 5.41) is 2.76. The Morgan fingerprint density at radius 1 is 1.00 bits per heavy atom. The molecule has 5 nitrogen and oxygen atoms in total. The summed E-state index contributed by atoms with van der Waals surface area (Å²) in [7, 11) is 1.42. The van der Waals surface area contributed by atoms with Crippen LogP contribution >= 0.6 is 0 Å². The van der Waals surface area contributed by atoms with Gasteiger partial charge in [-0.2, -0.15) is 0 Å². The van der Waals surface area contributed by atoms with Gasteiger partial charge in [-0.1, -0.05) is 18.2 Å². The number of nitrogens with one attached hydrogen (secondary N) is 1. The van der Waals surface area contributed by atoms with E-state index in [2.05, 4.69) is 10.1 Å². The highest BCUT2D eigenvalue weighted by Gasteiger charge is 2.06. The first-order valence-corrected chi connectivity index (χ1v) is 6.35. The maximum Gasteiger partial charge on any atom is 0.337 e. The lowest BCUT2D eigenvalue weighted by atomic mass is 10.2. The number of esters is 1. The molecular formula is C16H15NO4. The highest BCUT2D eigenvalue weighted by Crippen LogP contribution is 2.16. The fourth-order valence-electron chi connectivity index (χ4n) is 1.68. The van der Waals surface area contributed by atoms with Crippen molar-refractivity contribution in [2.45, 2.75) is 0 Å². The van der Waals surface area contributed by atoms with Gasteiger partial charge in [-0.25, -0.2) is 4.79 Å². The molecule has 0 saturated carbocycles. The van der Waals surface area contributed by atoms with Gasteiger partial charge in [0.25, 0.3) is 5.91 Å². The molecule has 2 rings (SSSR count). The number of amides is 1. The van der Waals surface area contributed by atoms with Crippen LogP contribution in [0, 0.1) is 0 Å². The third kappa shape index (κ3) is 4.43. The van der Waals surface area contributed by atoms with Crippen molar-refractivity contribution >= 4 is 17.6 Å². The maximum atomic E-state index is 11.9. The Morgan fingerprint density at radius 2 is 1.67 bits per heavy atom. The number of methoxy groups -OCH3 is 1. The SMILES string of the molecule is COCC(=O)Oc1ccc(NC(=O)c2ccccc2)cc1. The lowest BCUT2D eigenvalue weighted by Crippen LogP contribution is -2.14. The molecule has 0 aliphatic rings. The van der Waals surface area contributed by atoms with Gasteiger partial charge in [-0.3, -0.25) is 4.79 Å². The standard InChI is InChI=1S/C16H15NO4/c1-20-11-15(18)21-14-9-7-13(8-10-14)17-16(19)12-5-3-2-4-6-12/h2-10H,11H2,1H3,(H,17,19). The van der Waals surface area contributed by atoms with Crippen LogP contribution in [0.15, 0.2) is 54.6 Å². The molecule has 2 aromatic carbocycles. The molecule has 108 valence electrons. The van der Waals surface area contributed by atoms with Crippen LogP contribution in [0.1, 0.15) is 10.4 Å². The van der Waals surface area contributed by atoms with Crippen molar-refractivity contribution < 1.29 is 19.1 Å². The summed E-state index contributed by atoms with van der Waals surface area (Å²) in [6, 6.07) is 15.4. The first-order valence-electron chi connectivity index (χ1n) is 6.35. The summed E-state index contributed by atoms with van der Waals surface area (Å²) in [6.45, 7) is -0.105. The molecule has 0 bridgehead atoms. The van der Waals surface area contributed by atoms with Crippen LogP contribution in [-0.2, 0) is 9.53 Å². The number of ether oxygens (including phenoxy) is 2. The first-order chi connectivity index (χ1) is 10.2. The molecule has 1 N–H and O–H groups in total. The molecule has 2 aromatic rings. The summed E-state index contributed by atoms with van der Waals surface area (Å²) in [6.07, 6.45) is 0. The van der Waals surface area contributed by atoms with Crippen molar-refractivity contribution in [3.05, 3.63) is 60.2 Å². The van der Waals surface area contributed by atoms with Gasteiger partial charge in [-0.05, 0) is 36.4 Å². The van der Waals surface area contributed by atoms with Gasteiger partial charge in [0.15, 0.2) is 0 Å². The van der Waals surface area contributed by atoms with Crippen LogP contribution < -0.4 is 10.1 Å². The van der Waals surface area contributed by atoms with Crippen LogP contribution in [0.25, 0.3) is 0 Å². The van der Waals surface area contributed by atoms with Crippen molar-refractivity contribution in [1.29, 1.82) is 0 Å². The minimum Gasteiger partial charge on any atom is -0.425 e. The summed E-state index contributed by atoms with van der Waals surface area (Å²) in [4.78, 5) is 23.2. The molecule has 5 heteroatoms. The molecule has 0 aliphatic heterocycles. The Morgan fingerprint density at radius 3 is 2.29 bits per heavy atom. The van der Waals surface area contributed by atoms with Crippen LogP contribution in [-0.4, -0.2) is 25.6 Å². The van der Waals surface area contributed by atoms with Crippen LogP contribution in [0.3, 0.4) is 0 Å². The minimum absolute atomic E-state index is 0.105. The molecule has 0 heterocycles. The predicted octanol–water partition coefficient (Wildman–Crippen LogP) is 2.49. The first kappa shape index (κ1) is 14.7. The average molecular weight is 285 g/mol. The lowest BCUT2D eigenvalue weighted by molar-refractivity contribution is -0.138. The van der Waals surface area contributed by atoms with E-state index in [4.69, 9.17) is 4.74 Å². The van der Waals surface area contributed by atoms with E-state index in [1.54, 1.807) is 48.5 Å². The smallest absolute Gasteiger partial charge is 0.337 e. The summed E-state index contributed by atoms with van der Waals surface area (Å²) >= 11 is 0. The molecule has 1 amide bonds. The topological polar surface area (TPSA) is 64.6 Å². The highest BCUT2D eigenvalue weighted by molar-refractivity contribution is 6.04. The van der Waals surface area contributed by atoms with Crippen molar-refractivity contribution in [2.75, 3.05) is 19.0 Å². The van der Waals surface area contributed by atoms with Crippen molar-refractivity contribution in [2.24, 2.45) is 0 Å². The Labute approximate surface area is 122 Å². The van der Waals surface area contributed by atoms with Crippen molar-refractivity contribution in [3.63, 3.8) is 0 Å². The fourth-order valence-corrected chi connectivity index (χ4v) is 1.68. The summed E-state index contributed by atoms with van der Waals surface area (Å²) < 4.78 is 9.69. The number of benzene rings is 2. The van der Waals surface area contributed by atoms with Gasteiger partial charge in [-0.15, -0.1) is 0 Å². The lowest BCUT2D eigenvalue weighted by Gasteiger charge is -2.07. The summed E-state index contributed by atoms with van der Waals surface area (Å²) in [5.41, 5.74) is 1.20. The molecular weight excluding hydrogens is 270 g/mol. The van der Waals surface area contributed by atoms with Gasteiger partial charge < -0.3 is 14.8 Å². The zero-order chi connectivity index (χ0) is 15.1. The van der Waals surface area contributed by atoms with Gasteiger partial charge in [0.1, 0.15) is 12.4 Å². The fraction of sp³-hybridized carbons (Fsp3) is 0.125. The third-order valence-electron chi connectivity index (χ3n) is 2.64. The Kier molecular flexibility index (Phi) is 5.06. The monoisotopic (exact) mass is 285 g/mol. The Hall–Kier alpha value is -2.66. The molecule has 0 atom stereocenters. The molecule has 0 saturated heterocycles. The molecule has 0 aromatic heterocycles. The van der Waals surface area contributed by atoms with Gasteiger partial charge >= 0.3 is 5.97 Å². The van der Waals surface area contributed by atoms with E-state index in [1.807, 2.05) is 6.07 Å².